The molecule has 9 heteroatoms. The minimum absolute atomic E-state index is 0.0991. The second kappa shape index (κ2) is 7.76. The molecule has 2 aromatic heterocycles. The molecule has 3 rings (SSSR count). The van der Waals surface area contributed by atoms with Crippen molar-refractivity contribution in [2.24, 2.45) is 0 Å². The van der Waals surface area contributed by atoms with Gasteiger partial charge in [-0.15, -0.1) is 11.3 Å². The molecular formula is C17H16ClN3O4S. The minimum Gasteiger partial charge on any atom is -0.493 e. The smallest absolute Gasteiger partial charge is 0.262 e. The van der Waals surface area contributed by atoms with Gasteiger partial charge in [-0.3, -0.25) is 14.2 Å². The Kier molecular flexibility index (Phi) is 5.43. The molecule has 0 unspecified atom stereocenters. The Bertz CT molecular complexity index is 1010. The molecular weight excluding hydrogens is 378 g/mol. The van der Waals surface area contributed by atoms with Crippen LogP contribution in [0.4, 0.5) is 5.69 Å². The van der Waals surface area contributed by atoms with E-state index >= 15 is 0 Å². The number of anilines is 1. The van der Waals surface area contributed by atoms with Crippen molar-refractivity contribution in [3.8, 4) is 11.5 Å². The lowest BCUT2D eigenvalue weighted by atomic mass is 10.2. The highest BCUT2D eigenvalue weighted by atomic mass is 35.5. The van der Waals surface area contributed by atoms with Gasteiger partial charge in [0.05, 0.1) is 36.6 Å². The zero-order valence-electron chi connectivity index (χ0n) is 14.1. The molecule has 0 atom stereocenters. The van der Waals surface area contributed by atoms with E-state index in [1.807, 2.05) is 5.38 Å². The van der Waals surface area contributed by atoms with Gasteiger partial charge in [-0.05, 0) is 11.4 Å². The molecule has 1 N–H and O–H groups in total. The lowest BCUT2D eigenvalue weighted by Gasteiger charge is -2.13. The number of nitrogens with zero attached hydrogens (tertiary/aromatic N) is 2. The van der Waals surface area contributed by atoms with Crippen molar-refractivity contribution in [3.05, 3.63) is 45.3 Å². The van der Waals surface area contributed by atoms with E-state index in [9.17, 15) is 9.59 Å². The van der Waals surface area contributed by atoms with Crippen LogP contribution in [0.2, 0.25) is 5.02 Å². The average Bonchev–Trinajstić information content (AvgIpc) is 3.12. The number of halogens is 1. The number of carbonyl (C=O) groups excluding carboxylic acids is 1. The first-order valence-corrected chi connectivity index (χ1v) is 8.93. The molecule has 0 bridgehead atoms. The Hall–Kier alpha value is -2.58. The number of benzene rings is 1. The second-order valence-electron chi connectivity index (χ2n) is 5.37. The molecule has 0 saturated carbocycles. The van der Waals surface area contributed by atoms with E-state index in [2.05, 4.69) is 10.3 Å². The monoisotopic (exact) mass is 393 g/mol. The van der Waals surface area contributed by atoms with Crippen molar-refractivity contribution >= 4 is 44.7 Å². The van der Waals surface area contributed by atoms with Gasteiger partial charge in [0, 0.05) is 25.1 Å². The normalized spacial score (nSPS) is 10.7. The van der Waals surface area contributed by atoms with Crippen LogP contribution in [-0.4, -0.2) is 29.7 Å². The van der Waals surface area contributed by atoms with Crippen molar-refractivity contribution in [1.82, 2.24) is 9.55 Å². The van der Waals surface area contributed by atoms with Gasteiger partial charge in [0.15, 0.2) is 11.5 Å². The van der Waals surface area contributed by atoms with Crippen molar-refractivity contribution in [2.75, 3.05) is 19.5 Å². The van der Waals surface area contributed by atoms with E-state index in [-0.39, 0.29) is 24.4 Å². The lowest BCUT2D eigenvalue weighted by molar-refractivity contribution is -0.116. The largest absolute Gasteiger partial charge is 0.493 e. The Morgan fingerprint density at radius 1 is 1.31 bits per heavy atom. The van der Waals surface area contributed by atoms with Crippen LogP contribution in [-0.2, 0) is 11.3 Å². The van der Waals surface area contributed by atoms with E-state index in [1.165, 1.54) is 36.5 Å². The number of amides is 1. The number of ether oxygens (including phenoxy) is 2. The lowest BCUT2D eigenvalue weighted by Crippen LogP contribution is -2.23. The molecule has 0 aliphatic rings. The number of fused-ring (bicyclic) bond motifs is 1. The first-order chi connectivity index (χ1) is 12.5. The van der Waals surface area contributed by atoms with E-state index < -0.39 is 0 Å². The minimum atomic E-state index is -0.281. The number of nitrogens with one attached hydrogen (secondary N) is 1. The summed E-state index contributed by atoms with van der Waals surface area (Å²) in [4.78, 5) is 29.5. The molecule has 2 heterocycles. The van der Waals surface area contributed by atoms with Gasteiger partial charge in [0.2, 0.25) is 5.91 Å². The Labute approximate surface area is 158 Å². The van der Waals surface area contributed by atoms with Gasteiger partial charge in [0.1, 0.15) is 4.83 Å². The fraction of sp³-hybridized carbons (Fsp3) is 0.235. The number of thiophene rings is 1. The summed E-state index contributed by atoms with van der Waals surface area (Å²) in [6.07, 6.45) is 1.56. The van der Waals surface area contributed by atoms with Crippen LogP contribution in [0.15, 0.2) is 34.7 Å². The summed E-state index contributed by atoms with van der Waals surface area (Å²) in [6, 6.07) is 4.88. The molecule has 3 aromatic rings. The van der Waals surface area contributed by atoms with Crippen molar-refractivity contribution in [1.29, 1.82) is 0 Å². The maximum atomic E-state index is 12.3. The van der Waals surface area contributed by atoms with Crippen LogP contribution in [0.3, 0.4) is 0 Å². The molecule has 7 nitrogen and oxygen atoms in total. The van der Waals surface area contributed by atoms with Crippen LogP contribution in [0.5, 0.6) is 11.5 Å². The van der Waals surface area contributed by atoms with Gasteiger partial charge in [-0.1, -0.05) is 11.6 Å². The summed E-state index contributed by atoms with van der Waals surface area (Å²) in [5.74, 6) is 0.643. The highest BCUT2D eigenvalue weighted by molar-refractivity contribution is 7.16. The quantitative estimate of drug-likeness (QED) is 0.695. The van der Waals surface area contributed by atoms with Crippen LogP contribution in [0.1, 0.15) is 6.42 Å². The second-order valence-corrected chi connectivity index (χ2v) is 6.67. The topological polar surface area (TPSA) is 82.5 Å². The summed E-state index contributed by atoms with van der Waals surface area (Å²) in [7, 11) is 3.00. The van der Waals surface area contributed by atoms with Gasteiger partial charge < -0.3 is 14.8 Å². The Balaban J connectivity index is 1.71. The summed E-state index contributed by atoms with van der Waals surface area (Å²) >= 11 is 7.57. The van der Waals surface area contributed by atoms with Crippen LogP contribution in [0, 0.1) is 0 Å². The predicted molar refractivity (Wildman–Crippen MR) is 102 cm³/mol. The summed E-state index contributed by atoms with van der Waals surface area (Å²) < 4.78 is 11.8. The van der Waals surface area contributed by atoms with E-state index in [0.29, 0.717) is 32.4 Å². The molecule has 0 radical (unpaired) electrons. The van der Waals surface area contributed by atoms with Gasteiger partial charge >= 0.3 is 0 Å². The van der Waals surface area contributed by atoms with Crippen molar-refractivity contribution in [3.63, 3.8) is 0 Å². The van der Waals surface area contributed by atoms with Gasteiger partial charge in [-0.2, -0.15) is 0 Å². The maximum Gasteiger partial charge on any atom is 0.262 e. The summed E-state index contributed by atoms with van der Waals surface area (Å²) in [5, 5.41) is 5.42. The van der Waals surface area contributed by atoms with E-state index in [0.717, 1.165) is 0 Å². The molecule has 26 heavy (non-hydrogen) atoms. The fourth-order valence-electron chi connectivity index (χ4n) is 2.44. The third-order valence-corrected chi connectivity index (χ3v) is 4.91. The Morgan fingerprint density at radius 2 is 2.04 bits per heavy atom. The average molecular weight is 394 g/mol. The highest BCUT2D eigenvalue weighted by Gasteiger charge is 2.13. The van der Waals surface area contributed by atoms with E-state index in [4.69, 9.17) is 21.1 Å². The summed E-state index contributed by atoms with van der Waals surface area (Å²) in [6.45, 7) is 0.217. The highest BCUT2D eigenvalue weighted by Crippen LogP contribution is 2.36. The molecule has 1 amide bonds. The zero-order chi connectivity index (χ0) is 18.7. The number of methoxy groups -OCH3 is 2. The van der Waals surface area contributed by atoms with E-state index in [1.54, 1.807) is 18.2 Å². The number of hydrogen-bond acceptors (Lipinski definition) is 6. The SMILES string of the molecule is COc1cc(Cl)c(NC(=O)CCn2cnc3sccc3c2=O)cc1OC. The third kappa shape index (κ3) is 3.66. The molecule has 0 fully saturated rings. The standard InChI is InChI=1S/C17H16ClN3O4S/c1-24-13-7-11(18)12(8-14(13)25-2)20-15(22)3-5-21-9-19-16-10(17(21)23)4-6-26-16/h4,6-9H,3,5H2,1-2H3,(H,20,22). The van der Waals surface area contributed by atoms with Crippen LogP contribution in [0.25, 0.3) is 10.2 Å². The summed E-state index contributed by atoms with van der Waals surface area (Å²) in [5.41, 5.74) is 0.251. The molecule has 1 aromatic carbocycles. The van der Waals surface area contributed by atoms with Gasteiger partial charge in [-0.25, -0.2) is 4.98 Å². The maximum absolute atomic E-state index is 12.3. The van der Waals surface area contributed by atoms with Crippen LogP contribution >= 0.6 is 22.9 Å². The molecule has 0 spiro atoms. The zero-order valence-corrected chi connectivity index (χ0v) is 15.7. The van der Waals surface area contributed by atoms with Gasteiger partial charge in [0.25, 0.3) is 5.56 Å². The third-order valence-electron chi connectivity index (χ3n) is 3.78. The number of carbonyl (C=O) groups is 1. The molecule has 0 saturated heterocycles. The number of rotatable bonds is 6. The predicted octanol–water partition coefficient (Wildman–Crippen LogP) is 3.16. The number of aromatic nitrogens is 2. The number of aryl methyl sites for hydroxylation is 1. The molecule has 0 aliphatic carbocycles. The van der Waals surface area contributed by atoms with Crippen molar-refractivity contribution in [2.45, 2.75) is 13.0 Å². The van der Waals surface area contributed by atoms with Crippen molar-refractivity contribution < 1.29 is 14.3 Å². The molecule has 136 valence electrons. The van der Waals surface area contributed by atoms with Crippen LogP contribution < -0.4 is 20.3 Å². The first-order valence-electron chi connectivity index (χ1n) is 7.67. The molecule has 0 aliphatic heterocycles. The fourth-order valence-corrected chi connectivity index (χ4v) is 3.36. The number of hydrogen-bond donors (Lipinski definition) is 1. The Morgan fingerprint density at radius 3 is 2.77 bits per heavy atom. The first kappa shape index (κ1) is 18.2.